The molecule has 0 aromatic heterocycles. The van der Waals surface area contributed by atoms with Crippen LogP contribution in [0.15, 0.2) is 77.7 Å². The predicted octanol–water partition coefficient (Wildman–Crippen LogP) is 4.56. The van der Waals surface area contributed by atoms with E-state index in [1.807, 2.05) is 6.92 Å². The number of carbonyl (C=O) groups is 2. The van der Waals surface area contributed by atoms with Crippen LogP contribution in [0.3, 0.4) is 0 Å². The minimum atomic E-state index is -3.94. The van der Waals surface area contributed by atoms with Gasteiger partial charge in [-0.25, -0.2) is 8.42 Å². The first-order valence-corrected chi connectivity index (χ1v) is 12.1. The summed E-state index contributed by atoms with van der Waals surface area (Å²) in [5, 5.41) is 5.89. The Morgan fingerprint density at radius 3 is 2.39 bits per heavy atom. The summed E-state index contributed by atoms with van der Waals surface area (Å²) in [6.07, 6.45) is 0.783. The molecule has 3 rings (SSSR count). The van der Waals surface area contributed by atoms with Crippen molar-refractivity contribution in [3.05, 3.63) is 88.9 Å². The van der Waals surface area contributed by atoms with Gasteiger partial charge in [0.15, 0.2) is 0 Å². The van der Waals surface area contributed by atoms with Crippen molar-refractivity contribution in [2.24, 2.45) is 0 Å². The molecule has 0 fully saturated rings. The van der Waals surface area contributed by atoms with Crippen LogP contribution < -0.4 is 14.9 Å². The number of benzene rings is 3. The molecule has 2 N–H and O–H groups in total. The number of halogens is 1. The number of hydrogen-bond donors (Lipinski definition) is 2. The van der Waals surface area contributed by atoms with E-state index in [1.165, 1.54) is 37.4 Å². The topological polar surface area (TPSA) is 95.6 Å². The van der Waals surface area contributed by atoms with Crippen molar-refractivity contribution in [3.8, 4) is 0 Å². The van der Waals surface area contributed by atoms with Crippen molar-refractivity contribution in [1.82, 2.24) is 5.32 Å². The minimum Gasteiger partial charge on any atom is -0.352 e. The highest BCUT2D eigenvalue weighted by molar-refractivity contribution is 7.92. The molecule has 0 saturated carbocycles. The highest BCUT2D eigenvalue weighted by Gasteiger charge is 2.23. The second kappa shape index (κ2) is 10.5. The number of nitrogens with zero attached hydrogens (tertiary/aromatic N) is 1. The fourth-order valence-electron chi connectivity index (χ4n) is 3.09. The summed E-state index contributed by atoms with van der Waals surface area (Å²) in [7, 11) is -2.52. The van der Waals surface area contributed by atoms with Gasteiger partial charge in [-0.05, 0) is 55.0 Å². The predicted molar refractivity (Wildman–Crippen MR) is 131 cm³/mol. The number of para-hydroxylation sites is 1. The van der Waals surface area contributed by atoms with Crippen LogP contribution >= 0.6 is 11.6 Å². The minimum absolute atomic E-state index is 0.0494. The van der Waals surface area contributed by atoms with E-state index < -0.39 is 15.9 Å². The number of rotatable bonds is 8. The van der Waals surface area contributed by atoms with E-state index in [4.69, 9.17) is 11.6 Å². The summed E-state index contributed by atoms with van der Waals surface area (Å²) in [5.74, 6) is -0.833. The molecule has 0 saturated heterocycles. The average Bonchev–Trinajstić information content (AvgIpc) is 2.82. The molecule has 0 heterocycles. The highest BCUT2D eigenvalue weighted by Crippen LogP contribution is 2.25. The molecule has 0 spiro atoms. The molecule has 0 unspecified atom stereocenters. The number of hydrogen-bond acceptors (Lipinski definition) is 4. The first-order valence-electron chi connectivity index (χ1n) is 10.3. The van der Waals surface area contributed by atoms with Gasteiger partial charge in [0.05, 0.1) is 21.8 Å². The maximum atomic E-state index is 13.1. The number of carbonyl (C=O) groups excluding carboxylic acids is 2. The van der Waals surface area contributed by atoms with E-state index in [-0.39, 0.29) is 16.4 Å². The lowest BCUT2D eigenvalue weighted by Crippen LogP contribution is -2.27. The molecular weight excluding hydrogens is 462 g/mol. The Hall–Kier alpha value is -3.36. The third kappa shape index (κ3) is 5.71. The quantitative estimate of drug-likeness (QED) is 0.489. The smallest absolute Gasteiger partial charge is 0.264 e. The molecule has 0 bridgehead atoms. The van der Waals surface area contributed by atoms with Gasteiger partial charge in [0.1, 0.15) is 0 Å². The Morgan fingerprint density at radius 2 is 1.67 bits per heavy atom. The summed E-state index contributed by atoms with van der Waals surface area (Å²) < 4.78 is 27.3. The molecule has 33 heavy (non-hydrogen) atoms. The van der Waals surface area contributed by atoms with E-state index >= 15 is 0 Å². The van der Waals surface area contributed by atoms with E-state index in [9.17, 15) is 18.0 Å². The Bertz CT molecular complexity index is 1280. The highest BCUT2D eigenvalue weighted by atomic mass is 35.5. The van der Waals surface area contributed by atoms with Gasteiger partial charge in [0, 0.05) is 24.2 Å². The Balaban J connectivity index is 1.86. The number of nitrogens with one attached hydrogen (secondary N) is 2. The second-order valence-electron chi connectivity index (χ2n) is 7.24. The van der Waals surface area contributed by atoms with Crippen molar-refractivity contribution < 1.29 is 18.0 Å². The maximum Gasteiger partial charge on any atom is 0.264 e. The van der Waals surface area contributed by atoms with Crippen molar-refractivity contribution in [3.63, 3.8) is 0 Å². The molecule has 0 aliphatic carbocycles. The fourth-order valence-corrected chi connectivity index (χ4v) is 4.50. The standard InChI is InChI=1S/C24H24ClN3O4S/c1-3-14-26-24(30)21-12-4-5-13-22(21)27-23(29)17-8-6-11-20(15-17)33(31,32)28(2)19-10-7-9-18(25)16-19/h4-13,15-16H,3,14H2,1-2H3,(H,26,30)(H,27,29). The van der Waals surface area contributed by atoms with E-state index in [0.29, 0.717) is 28.5 Å². The van der Waals surface area contributed by atoms with Gasteiger partial charge in [-0.3, -0.25) is 13.9 Å². The van der Waals surface area contributed by atoms with Gasteiger partial charge in [-0.1, -0.05) is 42.8 Å². The van der Waals surface area contributed by atoms with Crippen LogP contribution in [0.1, 0.15) is 34.1 Å². The molecular formula is C24H24ClN3O4S. The lowest BCUT2D eigenvalue weighted by molar-refractivity contribution is 0.0954. The van der Waals surface area contributed by atoms with Crippen LogP contribution in [0.2, 0.25) is 5.02 Å². The first kappa shape index (κ1) is 24.3. The molecule has 7 nitrogen and oxygen atoms in total. The van der Waals surface area contributed by atoms with Crippen LogP contribution in [-0.4, -0.2) is 33.8 Å². The van der Waals surface area contributed by atoms with Crippen molar-refractivity contribution in [2.75, 3.05) is 23.2 Å². The van der Waals surface area contributed by atoms with E-state index in [0.717, 1.165) is 10.7 Å². The van der Waals surface area contributed by atoms with Crippen LogP contribution in [0.5, 0.6) is 0 Å². The van der Waals surface area contributed by atoms with Gasteiger partial charge in [0.25, 0.3) is 21.8 Å². The normalized spacial score (nSPS) is 11.0. The van der Waals surface area contributed by atoms with Crippen LogP contribution in [0.4, 0.5) is 11.4 Å². The zero-order valence-corrected chi connectivity index (χ0v) is 19.8. The molecule has 3 aromatic rings. The van der Waals surface area contributed by atoms with Gasteiger partial charge < -0.3 is 10.6 Å². The lowest BCUT2D eigenvalue weighted by atomic mass is 10.1. The summed E-state index contributed by atoms with van der Waals surface area (Å²) in [5.41, 5.74) is 1.19. The van der Waals surface area contributed by atoms with Gasteiger partial charge in [-0.2, -0.15) is 0 Å². The Kier molecular flexibility index (Phi) is 7.73. The summed E-state index contributed by atoms with van der Waals surface area (Å²) in [6.45, 7) is 2.46. The summed E-state index contributed by atoms with van der Waals surface area (Å²) in [4.78, 5) is 25.3. The monoisotopic (exact) mass is 485 g/mol. The van der Waals surface area contributed by atoms with Gasteiger partial charge in [-0.15, -0.1) is 0 Å². The van der Waals surface area contributed by atoms with Crippen LogP contribution in [-0.2, 0) is 10.0 Å². The first-order chi connectivity index (χ1) is 15.7. The van der Waals surface area contributed by atoms with Gasteiger partial charge >= 0.3 is 0 Å². The molecule has 9 heteroatoms. The zero-order chi connectivity index (χ0) is 24.0. The Labute approximate surface area is 198 Å². The van der Waals surface area contributed by atoms with Gasteiger partial charge in [0.2, 0.25) is 0 Å². The molecule has 172 valence electrons. The van der Waals surface area contributed by atoms with Crippen LogP contribution in [0.25, 0.3) is 0 Å². The van der Waals surface area contributed by atoms with Crippen molar-refractivity contribution in [2.45, 2.75) is 18.2 Å². The van der Waals surface area contributed by atoms with E-state index in [1.54, 1.807) is 42.5 Å². The number of anilines is 2. The molecule has 0 aliphatic rings. The van der Waals surface area contributed by atoms with Crippen LogP contribution in [0, 0.1) is 0 Å². The molecule has 2 amide bonds. The molecule has 0 radical (unpaired) electrons. The second-order valence-corrected chi connectivity index (χ2v) is 9.64. The van der Waals surface area contributed by atoms with Crippen molar-refractivity contribution in [1.29, 1.82) is 0 Å². The zero-order valence-electron chi connectivity index (χ0n) is 18.2. The third-order valence-electron chi connectivity index (χ3n) is 4.88. The van der Waals surface area contributed by atoms with E-state index in [2.05, 4.69) is 10.6 Å². The van der Waals surface area contributed by atoms with Crippen molar-refractivity contribution >= 4 is 44.8 Å². The molecule has 0 aliphatic heterocycles. The number of sulfonamides is 1. The molecule has 0 atom stereocenters. The third-order valence-corrected chi connectivity index (χ3v) is 6.90. The fraction of sp³-hybridized carbons (Fsp3) is 0.167. The molecule has 3 aromatic carbocycles. The average molecular weight is 486 g/mol. The Morgan fingerprint density at radius 1 is 0.939 bits per heavy atom. The number of amides is 2. The summed E-state index contributed by atoms with van der Waals surface area (Å²) in [6, 6.07) is 18.8. The SMILES string of the molecule is CCCNC(=O)c1ccccc1NC(=O)c1cccc(S(=O)(=O)N(C)c2cccc(Cl)c2)c1. The summed E-state index contributed by atoms with van der Waals surface area (Å²) >= 11 is 5.99. The largest absolute Gasteiger partial charge is 0.352 e. The lowest BCUT2D eigenvalue weighted by Gasteiger charge is -2.20. The maximum absolute atomic E-state index is 13.1.